The van der Waals surface area contributed by atoms with Gasteiger partial charge in [0.15, 0.2) is 0 Å². The van der Waals surface area contributed by atoms with Crippen LogP contribution >= 0.6 is 11.6 Å². The van der Waals surface area contributed by atoms with E-state index in [-0.39, 0.29) is 23.2 Å². The van der Waals surface area contributed by atoms with Crippen molar-refractivity contribution in [2.45, 2.75) is 12.5 Å². The number of amides is 2. The van der Waals surface area contributed by atoms with E-state index in [1.54, 1.807) is 24.3 Å². The number of rotatable bonds is 6. The van der Waals surface area contributed by atoms with E-state index in [1.165, 1.54) is 6.20 Å². The summed E-state index contributed by atoms with van der Waals surface area (Å²) in [4.78, 5) is 24.2. The molecular formula is C19H15ClF2N4O2. The lowest BCUT2D eigenvalue weighted by molar-refractivity contribution is -0.118. The van der Waals surface area contributed by atoms with Crippen LogP contribution < -0.4 is 11.1 Å². The maximum absolute atomic E-state index is 14.1. The molecule has 0 fully saturated rings. The predicted octanol–water partition coefficient (Wildman–Crippen LogP) is 3.35. The van der Waals surface area contributed by atoms with Crippen molar-refractivity contribution in [1.29, 1.82) is 0 Å². The third-order valence-corrected chi connectivity index (χ3v) is 4.28. The Bertz CT molecular complexity index is 1040. The minimum atomic E-state index is -0.760. The fourth-order valence-electron chi connectivity index (χ4n) is 2.77. The highest BCUT2D eigenvalue weighted by Crippen LogP contribution is 2.26. The second-order valence-corrected chi connectivity index (χ2v) is 6.47. The summed E-state index contributed by atoms with van der Waals surface area (Å²) in [6, 6.07) is 8.71. The molecule has 9 heteroatoms. The summed E-state index contributed by atoms with van der Waals surface area (Å²) < 4.78 is 27.6. The Labute approximate surface area is 163 Å². The lowest BCUT2D eigenvalue weighted by Gasteiger charge is -2.18. The van der Waals surface area contributed by atoms with Crippen LogP contribution in [0.1, 0.15) is 28.4 Å². The molecule has 4 N–H and O–H groups in total. The fourth-order valence-corrected chi connectivity index (χ4v) is 2.96. The Kier molecular flexibility index (Phi) is 5.70. The van der Waals surface area contributed by atoms with Gasteiger partial charge in [-0.15, -0.1) is 0 Å². The van der Waals surface area contributed by atoms with Gasteiger partial charge in [0.1, 0.15) is 11.6 Å². The average Bonchev–Trinajstić information content (AvgIpc) is 3.12. The second-order valence-electron chi connectivity index (χ2n) is 6.03. The molecule has 1 heterocycles. The predicted molar refractivity (Wildman–Crippen MR) is 99.4 cm³/mol. The molecule has 0 saturated carbocycles. The van der Waals surface area contributed by atoms with Crippen LogP contribution in [0.4, 0.5) is 8.78 Å². The fraction of sp³-hybridized carbons (Fsp3) is 0.105. The van der Waals surface area contributed by atoms with Gasteiger partial charge in [-0.25, -0.2) is 8.78 Å². The van der Waals surface area contributed by atoms with E-state index in [9.17, 15) is 18.4 Å². The summed E-state index contributed by atoms with van der Waals surface area (Å²) in [5.74, 6) is -2.65. The molecule has 3 rings (SSSR count). The van der Waals surface area contributed by atoms with Gasteiger partial charge in [-0.1, -0.05) is 23.7 Å². The van der Waals surface area contributed by atoms with Crippen LogP contribution in [0, 0.1) is 11.6 Å². The van der Waals surface area contributed by atoms with Crippen LogP contribution in [-0.2, 0) is 4.79 Å². The lowest BCUT2D eigenvalue weighted by atomic mass is 10.0. The number of hydrogen-bond donors (Lipinski definition) is 3. The summed E-state index contributed by atoms with van der Waals surface area (Å²) in [6.45, 7) is 0. The highest BCUT2D eigenvalue weighted by molar-refractivity contribution is 6.30. The van der Waals surface area contributed by atoms with Crippen molar-refractivity contribution in [3.8, 4) is 11.3 Å². The molecule has 0 aliphatic heterocycles. The van der Waals surface area contributed by atoms with Gasteiger partial charge < -0.3 is 11.1 Å². The van der Waals surface area contributed by atoms with Crippen LogP contribution in [0.25, 0.3) is 11.3 Å². The zero-order valence-electron chi connectivity index (χ0n) is 14.4. The largest absolute Gasteiger partial charge is 0.370 e. The first-order chi connectivity index (χ1) is 13.3. The number of nitrogens with two attached hydrogens (primary N) is 1. The third kappa shape index (κ3) is 4.34. The number of halogens is 3. The SMILES string of the molecule is NC(=O)C[C@H](NC(=O)c1cn[nH]c1-c1cc(F)ccc1F)c1cccc(Cl)c1. The van der Waals surface area contributed by atoms with Crippen LogP contribution in [0.2, 0.25) is 5.02 Å². The summed E-state index contributed by atoms with van der Waals surface area (Å²) >= 11 is 5.98. The Morgan fingerprint density at radius 3 is 2.71 bits per heavy atom. The van der Waals surface area contributed by atoms with E-state index >= 15 is 0 Å². The highest BCUT2D eigenvalue weighted by Gasteiger charge is 2.23. The van der Waals surface area contributed by atoms with Crippen LogP contribution in [0.5, 0.6) is 0 Å². The molecule has 2 aromatic carbocycles. The van der Waals surface area contributed by atoms with Crippen molar-refractivity contribution in [2.75, 3.05) is 0 Å². The van der Waals surface area contributed by atoms with Crippen LogP contribution in [0.3, 0.4) is 0 Å². The molecule has 0 aliphatic rings. The monoisotopic (exact) mass is 404 g/mol. The molecule has 0 aliphatic carbocycles. The topological polar surface area (TPSA) is 101 Å². The van der Waals surface area contributed by atoms with Gasteiger partial charge in [0.25, 0.3) is 5.91 Å². The average molecular weight is 405 g/mol. The first-order valence-electron chi connectivity index (χ1n) is 8.18. The van der Waals surface area contributed by atoms with E-state index in [0.717, 1.165) is 18.2 Å². The number of hydrogen-bond acceptors (Lipinski definition) is 3. The van der Waals surface area contributed by atoms with Gasteiger partial charge in [0, 0.05) is 10.6 Å². The third-order valence-electron chi connectivity index (χ3n) is 4.04. The van der Waals surface area contributed by atoms with E-state index in [0.29, 0.717) is 10.6 Å². The van der Waals surface area contributed by atoms with Crippen LogP contribution in [-0.4, -0.2) is 22.0 Å². The van der Waals surface area contributed by atoms with Crippen molar-refractivity contribution in [3.05, 3.63) is 76.4 Å². The van der Waals surface area contributed by atoms with Crippen molar-refractivity contribution in [2.24, 2.45) is 5.73 Å². The standard InChI is InChI=1S/C19H15ClF2N4O2/c20-11-3-1-2-10(6-11)16(8-17(23)27)25-19(28)14-9-24-26-18(14)13-7-12(21)4-5-15(13)22/h1-7,9,16H,8H2,(H2,23,27)(H,24,26)(H,25,28)/t16-/m0/s1. The van der Waals surface area contributed by atoms with Crippen molar-refractivity contribution in [3.63, 3.8) is 0 Å². The van der Waals surface area contributed by atoms with E-state index in [2.05, 4.69) is 15.5 Å². The molecular weight excluding hydrogens is 390 g/mol. The normalized spacial score (nSPS) is 11.8. The van der Waals surface area contributed by atoms with Crippen molar-refractivity contribution < 1.29 is 18.4 Å². The van der Waals surface area contributed by atoms with Crippen molar-refractivity contribution >= 4 is 23.4 Å². The molecule has 0 bridgehead atoms. The second kappa shape index (κ2) is 8.18. The van der Waals surface area contributed by atoms with E-state index in [1.807, 2.05) is 0 Å². The molecule has 0 saturated heterocycles. The quantitative estimate of drug-likeness (QED) is 0.587. The molecule has 0 spiro atoms. The van der Waals surface area contributed by atoms with Gasteiger partial charge in [0.05, 0.1) is 29.9 Å². The Morgan fingerprint density at radius 2 is 2.00 bits per heavy atom. The Morgan fingerprint density at radius 1 is 1.21 bits per heavy atom. The number of carbonyl (C=O) groups excluding carboxylic acids is 2. The molecule has 144 valence electrons. The zero-order valence-corrected chi connectivity index (χ0v) is 15.1. The Hall–Kier alpha value is -3.26. The van der Waals surface area contributed by atoms with Crippen LogP contribution in [0.15, 0.2) is 48.7 Å². The molecule has 1 atom stereocenters. The van der Waals surface area contributed by atoms with Gasteiger partial charge in [-0.2, -0.15) is 5.10 Å². The maximum atomic E-state index is 14.1. The number of H-pyrrole nitrogens is 1. The minimum Gasteiger partial charge on any atom is -0.370 e. The molecule has 28 heavy (non-hydrogen) atoms. The van der Waals surface area contributed by atoms with Gasteiger partial charge in [-0.05, 0) is 35.9 Å². The summed E-state index contributed by atoms with van der Waals surface area (Å²) in [6.07, 6.45) is 1.02. The number of nitrogens with zero attached hydrogens (tertiary/aromatic N) is 1. The van der Waals surface area contributed by atoms with Gasteiger partial charge >= 0.3 is 0 Å². The maximum Gasteiger partial charge on any atom is 0.255 e. The molecule has 6 nitrogen and oxygen atoms in total. The number of carbonyl (C=O) groups is 2. The molecule has 3 aromatic rings. The summed E-state index contributed by atoms with van der Waals surface area (Å²) in [5, 5.41) is 9.35. The van der Waals surface area contributed by atoms with Crippen molar-refractivity contribution in [1.82, 2.24) is 15.5 Å². The number of benzene rings is 2. The van der Waals surface area contributed by atoms with Gasteiger partial charge in [0.2, 0.25) is 5.91 Å². The first kappa shape index (κ1) is 19.5. The molecule has 2 amide bonds. The summed E-state index contributed by atoms with van der Waals surface area (Å²) in [5.41, 5.74) is 5.72. The first-order valence-corrected chi connectivity index (χ1v) is 8.56. The number of primary amides is 1. The minimum absolute atomic E-state index is 0.0124. The molecule has 0 unspecified atom stereocenters. The lowest BCUT2D eigenvalue weighted by Crippen LogP contribution is -2.32. The number of aromatic nitrogens is 2. The zero-order chi connectivity index (χ0) is 20.3. The highest BCUT2D eigenvalue weighted by atomic mass is 35.5. The van der Waals surface area contributed by atoms with E-state index in [4.69, 9.17) is 17.3 Å². The van der Waals surface area contributed by atoms with E-state index < -0.39 is 29.5 Å². The molecule has 1 aromatic heterocycles. The number of aromatic amines is 1. The molecule has 0 radical (unpaired) electrons. The smallest absolute Gasteiger partial charge is 0.255 e. The Balaban J connectivity index is 1.92. The summed E-state index contributed by atoms with van der Waals surface area (Å²) in [7, 11) is 0. The van der Waals surface area contributed by atoms with Gasteiger partial charge in [-0.3, -0.25) is 14.7 Å². The number of nitrogens with one attached hydrogen (secondary N) is 2.